The summed E-state index contributed by atoms with van der Waals surface area (Å²) in [5.74, 6) is 1.08. The Kier molecular flexibility index (Phi) is 5.14. The van der Waals surface area contributed by atoms with Crippen molar-refractivity contribution in [1.29, 1.82) is 0 Å². The second-order valence-corrected chi connectivity index (χ2v) is 6.88. The minimum atomic E-state index is -3.42. The van der Waals surface area contributed by atoms with Crippen molar-refractivity contribution in [2.24, 2.45) is 13.0 Å². The van der Waals surface area contributed by atoms with E-state index in [1.54, 1.807) is 6.20 Å². The van der Waals surface area contributed by atoms with E-state index < -0.39 is 10.2 Å². The van der Waals surface area contributed by atoms with Crippen molar-refractivity contribution in [2.75, 3.05) is 26.2 Å². The number of imidazole rings is 1. The molecule has 0 bridgehead atoms. The van der Waals surface area contributed by atoms with Crippen LogP contribution in [0.2, 0.25) is 0 Å². The maximum atomic E-state index is 12.1. The Morgan fingerprint density at radius 2 is 2.15 bits per heavy atom. The fourth-order valence-electron chi connectivity index (χ4n) is 2.35. The van der Waals surface area contributed by atoms with Gasteiger partial charge in [-0.3, -0.25) is 0 Å². The fraction of sp³-hybridized carbons (Fsp3) is 0.750. The van der Waals surface area contributed by atoms with Gasteiger partial charge in [0.05, 0.1) is 0 Å². The molecule has 8 heteroatoms. The summed E-state index contributed by atoms with van der Waals surface area (Å²) in [6.07, 6.45) is 5.54. The summed E-state index contributed by atoms with van der Waals surface area (Å²) in [6.45, 7) is 1.43. The molecule has 7 nitrogen and oxygen atoms in total. The van der Waals surface area contributed by atoms with Crippen LogP contribution < -0.4 is 4.72 Å². The van der Waals surface area contributed by atoms with Gasteiger partial charge in [0.2, 0.25) is 0 Å². The number of rotatable bonds is 6. The van der Waals surface area contributed by atoms with Crippen LogP contribution in [0.1, 0.15) is 18.7 Å². The number of nitrogens with one attached hydrogen (secondary N) is 1. The van der Waals surface area contributed by atoms with Gasteiger partial charge in [0.15, 0.2) is 0 Å². The lowest BCUT2D eigenvalue weighted by atomic mass is 10.00. The molecule has 0 aromatic carbocycles. The molecule has 2 heterocycles. The van der Waals surface area contributed by atoms with E-state index in [2.05, 4.69) is 9.71 Å². The number of aliphatic hydroxyl groups excluding tert-OH is 1. The van der Waals surface area contributed by atoms with Crippen LogP contribution in [0.4, 0.5) is 0 Å². The maximum absolute atomic E-state index is 12.1. The van der Waals surface area contributed by atoms with Crippen molar-refractivity contribution in [3.8, 4) is 0 Å². The zero-order valence-corrected chi connectivity index (χ0v) is 12.5. The van der Waals surface area contributed by atoms with Gasteiger partial charge in [-0.25, -0.2) is 9.71 Å². The maximum Gasteiger partial charge on any atom is 0.279 e. The molecule has 114 valence electrons. The third kappa shape index (κ3) is 3.78. The molecule has 2 N–H and O–H groups in total. The lowest BCUT2D eigenvalue weighted by Crippen LogP contribution is -2.45. The number of hydrogen-bond donors (Lipinski definition) is 2. The summed E-state index contributed by atoms with van der Waals surface area (Å²) in [5, 5.41) is 9.06. The predicted octanol–water partition coefficient (Wildman–Crippen LogP) is -0.499. The van der Waals surface area contributed by atoms with E-state index in [9.17, 15) is 8.42 Å². The summed E-state index contributed by atoms with van der Waals surface area (Å²) in [4.78, 5) is 4.16. The number of aromatic nitrogens is 2. The van der Waals surface area contributed by atoms with Gasteiger partial charge < -0.3 is 9.67 Å². The number of nitrogens with zero attached hydrogens (tertiary/aromatic N) is 3. The molecular weight excluding hydrogens is 280 g/mol. The molecule has 1 aliphatic heterocycles. The van der Waals surface area contributed by atoms with E-state index in [-0.39, 0.29) is 12.5 Å². The van der Waals surface area contributed by atoms with Gasteiger partial charge >= 0.3 is 0 Å². The van der Waals surface area contributed by atoms with Crippen molar-refractivity contribution in [3.63, 3.8) is 0 Å². The van der Waals surface area contributed by atoms with Crippen molar-refractivity contribution in [2.45, 2.75) is 19.3 Å². The van der Waals surface area contributed by atoms with Gasteiger partial charge in [-0.1, -0.05) is 0 Å². The molecule has 1 aliphatic rings. The highest BCUT2D eigenvalue weighted by Gasteiger charge is 2.27. The van der Waals surface area contributed by atoms with Crippen molar-refractivity contribution < 1.29 is 13.5 Å². The zero-order chi connectivity index (χ0) is 14.6. The van der Waals surface area contributed by atoms with Gasteiger partial charge in [-0.05, 0) is 18.8 Å². The molecule has 0 atom stereocenters. The molecule has 0 radical (unpaired) electrons. The van der Waals surface area contributed by atoms with E-state index in [4.69, 9.17) is 5.11 Å². The number of aliphatic hydroxyl groups is 1. The summed E-state index contributed by atoms with van der Waals surface area (Å²) in [5.41, 5.74) is 0. The summed E-state index contributed by atoms with van der Waals surface area (Å²) >= 11 is 0. The van der Waals surface area contributed by atoms with Crippen LogP contribution in [0, 0.1) is 5.92 Å². The number of hydrogen-bond acceptors (Lipinski definition) is 4. The molecule has 0 spiro atoms. The molecule has 20 heavy (non-hydrogen) atoms. The largest absolute Gasteiger partial charge is 0.396 e. The molecule has 0 saturated carbocycles. The molecule has 1 saturated heterocycles. The van der Waals surface area contributed by atoms with Gasteiger partial charge in [-0.2, -0.15) is 12.7 Å². The highest BCUT2D eigenvalue weighted by molar-refractivity contribution is 7.87. The first-order chi connectivity index (χ1) is 9.53. The Labute approximate surface area is 119 Å². The normalized spacial score (nSPS) is 18.5. The Morgan fingerprint density at radius 1 is 1.45 bits per heavy atom. The van der Waals surface area contributed by atoms with E-state index in [0.717, 1.165) is 18.7 Å². The summed E-state index contributed by atoms with van der Waals surface area (Å²) < 4.78 is 30.2. The molecule has 0 aliphatic carbocycles. The smallest absolute Gasteiger partial charge is 0.279 e. The molecule has 0 unspecified atom stereocenters. The number of aryl methyl sites for hydroxylation is 1. The number of piperidine rings is 1. The van der Waals surface area contributed by atoms with Gasteiger partial charge in [0.1, 0.15) is 5.82 Å². The van der Waals surface area contributed by atoms with E-state index in [1.807, 2.05) is 17.8 Å². The van der Waals surface area contributed by atoms with Crippen LogP contribution in [0.25, 0.3) is 0 Å². The first kappa shape index (κ1) is 15.4. The van der Waals surface area contributed by atoms with Gasteiger partial charge in [-0.15, -0.1) is 0 Å². The molecule has 1 fully saturated rings. The van der Waals surface area contributed by atoms with Crippen LogP contribution in [0.3, 0.4) is 0 Å². The van der Waals surface area contributed by atoms with Gasteiger partial charge in [0, 0.05) is 52.1 Å². The lowest BCUT2D eigenvalue weighted by molar-refractivity contribution is 0.169. The quantitative estimate of drug-likeness (QED) is 0.742. The second-order valence-electron chi connectivity index (χ2n) is 5.13. The Bertz CT molecular complexity index is 521. The van der Waals surface area contributed by atoms with Gasteiger partial charge in [0.25, 0.3) is 10.2 Å². The SMILES string of the molecule is Cn1ccnc1CCNS(=O)(=O)N1CCC(CO)CC1. The lowest BCUT2D eigenvalue weighted by Gasteiger charge is -2.30. The molecule has 0 amide bonds. The molecule has 2 rings (SSSR count). The Balaban J connectivity index is 1.81. The van der Waals surface area contributed by atoms with E-state index >= 15 is 0 Å². The van der Waals surface area contributed by atoms with Crippen LogP contribution in [0.15, 0.2) is 12.4 Å². The van der Waals surface area contributed by atoms with E-state index in [0.29, 0.717) is 26.1 Å². The van der Waals surface area contributed by atoms with Crippen LogP contribution in [-0.4, -0.2) is 53.6 Å². The van der Waals surface area contributed by atoms with E-state index in [1.165, 1.54) is 4.31 Å². The van der Waals surface area contributed by atoms with Crippen LogP contribution >= 0.6 is 0 Å². The minimum absolute atomic E-state index is 0.139. The van der Waals surface area contributed by atoms with Crippen LogP contribution in [-0.2, 0) is 23.7 Å². The Morgan fingerprint density at radius 3 is 2.70 bits per heavy atom. The van der Waals surface area contributed by atoms with Crippen LogP contribution in [0.5, 0.6) is 0 Å². The Hall–Kier alpha value is -0.960. The molecule has 1 aromatic heterocycles. The average molecular weight is 302 g/mol. The first-order valence-corrected chi connectivity index (χ1v) is 8.28. The standard InChI is InChI=1S/C12H22N4O3S/c1-15-9-6-13-12(15)2-5-14-20(18,19)16-7-3-11(10-17)4-8-16/h6,9,11,14,17H,2-5,7-8,10H2,1H3. The third-order valence-corrected chi connectivity index (χ3v) is 5.34. The molecule has 1 aromatic rings. The van der Waals surface area contributed by atoms with Crippen molar-refractivity contribution in [3.05, 3.63) is 18.2 Å². The topological polar surface area (TPSA) is 87.5 Å². The zero-order valence-electron chi connectivity index (χ0n) is 11.7. The monoisotopic (exact) mass is 302 g/mol. The molecular formula is C12H22N4O3S. The third-order valence-electron chi connectivity index (χ3n) is 3.73. The predicted molar refractivity (Wildman–Crippen MR) is 75.2 cm³/mol. The summed E-state index contributed by atoms with van der Waals surface area (Å²) in [7, 11) is -1.53. The highest BCUT2D eigenvalue weighted by atomic mass is 32.2. The average Bonchev–Trinajstić information content (AvgIpc) is 2.84. The highest BCUT2D eigenvalue weighted by Crippen LogP contribution is 2.18. The first-order valence-electron chi connectivity index (χ1n) is 6.84. The van der Waals surface area contributed by atoms with Crippen molar-refractivity contribution in [1.82, 2.24) is 18.6 Å². The van der Waals surface area contributed by atoms with Crippen molar-refractivity contribution >= 4 is 10.2 Å². The minimum Gasteiger partial charge on any atom is -0.396 e. The second kappa shape index (κ2) is 6.66. The summed E-state index contributed by atoms with van der Waals surface area (Å²) in [6, 6.07) is 0. The fourth-order valence-corrected chi connectivity index (χ4v) is 3.59.